The van der Waals surface area contributed by atoms with Crippen molar-refractivity contribution < 1.29 is 8.87 Å². The second-order valence-electron chi connectivity index (χ2n) is 8.25. The summed E-state index contributed by atoms with van der Waals surface area (Å²) in [6.07, 6.45) is 0.0770. The molecular weight excluding hydrogens is 395 g/mol. The molecule has 0 atom stereocenters. The van der Waals surface area contributed by atoms with Gasteiger partial charge in [0.2, 0.25) is 11.9 Å². The molecule has 0 spiro atoms. The van der Waals surface area contributed by atoms with Crippen molar-refractivity contribution in [3.05, 3.63) is 60.2 Å². The van der Waals surface area contributed by atoms with Crippen LogP contribution in [-0.4, -0.2) is 53.7 Å². The van der Waals surface area contributed by atoms with Crippen molar-refractivity contribution in [3.63, 3.8) is 0 Å². The quantitative estimate of drug-likeness (QED) is 0.288. The van der Waals surface area contributed by atoms with Crippen molar-refractivity contribution in [2.24, 2.45) is 10.2 Å². The first-order chi connectivity index (χ1) is 14.8. The van der Waals surface area contributed by atoms with Gasteiger partial charge in [-0.05, 0) is 43.3 Å². The van der Waals surface area contributed by atoms with Gasteiger partial charge in [-0.1, -0.05) is 17.7 Å². The van der Waals surface area contributed by atoms with Gasteiger partial charge in [0.05, 0.1) is 39.1 Å². The van der Waals surface area contributed by atoms with E-state index in [1.165, 1.54) is 5.56 Å². The van der Waals surface area contributed by atoms with E-state index in [9.17, 15) is 4.39 Å². The van der Waals surface area contributed by atoms with Gasteiger partial charge in [-0.3, -0.25) is 0 Å². The van der Waals surface area contributed by atoms with Gasteiger partial charge in [0, 0.05) is 18.7 Å². The standard InChI is InChI=1S/C22H28FN8/c1-16-6-8-18(9-7-16)29-30-19-12-10-17(11-13-19)25-22-27-20(23)26-21(28-22)24-14-5-15-31(2,3)4/h6-13H,5,14-15H2,1-4H3,(H2,24,25,26,27,28)/q+1. The normalized spacial score (nSPS) is 11.6. The molecule has 0 radical (unpaired) electrons. The van der Waals surface area contributed by atoms with Gasteiger partial charge in [-0.15, -0.1) is 0 Å². The lowest BCUT2D eigenvalue weighted by Crippen LogP contribution is -2.36. The third-order valence-corrected chi connectivity index (χ3v) is 4.34. The highest BCUT2D eigenvalue weighted by atomic mass is 19.1. The summed E-state index contributed by atoms with van der Waals surface area (Å²) >= 11 is 0. The third-order valence-electron chi connectivity index (χ3n) is 4.34. The largest absolute Gasteiger partial charge is 0.354 e. The van der Waals surface area contributed by atoms with E-state index in [-0.39, 0.29) is 11.9 Å². The van der Waals surface area contributed by atoms with E-state index in [0.29, 0.717) is 17.9 Å². The molecule has 8 nitrogen and oxygen atoms in total. The number of rotatable bonds is 9. The first kappa shape index (κ1) is 22.2. The number of anilines is 3. The molecule has 0 unspecified atom stereocenters. The molecule has 0 aliphatic rings. The molecule has 0 saturated heterocycles. The summed E-state index contributed by atoms with van der Waals surface area (Å²) in [4.78, 5) is 11.7. The summed E-state index contributed by atoms with van der Waals surface area (Å²) in [5.41, 5.74) is 3.37. The lowest BCUT2D eigenvalue weighted by molar-refractivity contribution is -0.870. The van der Waals surface area contributed by atoms with Gasteiger partial charge in [0.25, 0.3) is 0 Å². The molecule has 31 heavy (non-hydrogen) atoms. The zero-order chi connectivity index (χ0) is 22.3. The molecule has 0 aliphatic carbocycles. The van der Waals surface area contributed by atoms with Crippen molar-refractivity contribution in [2.75, 3.05) is 44.9 Å². The maximum Gasteiger partial charge on any atom is 0.315 e. The van der Waals surface area contributed by atoms with Crippen molar-refractivity contribution in [1.29, 1.82) is 0 Å². The minimum absolute atomic E-state index is 0.135. The van der Waals surface area contributed by atoms with E-state index in [4.69, 9.17) is 0 Å². The van der Waals surface area contributed by atoms with Crippen molar-refractivity contribution >= 4 is 29.0 Å². The number of aromatic nitrogens is 3. The van der Waals surface area contributed by atoms with Crippen LogP contribution in [-0.2, 0) is 0 Å². The number of quaternary nitrogens is 1. The van der Waals surface area contributed by atoms with Gasteiger partial charge in [-0.2, -0.15) is 29.6 Å². The Kier molecular flexibility index (Phi) is 7.19. The minimum atomic E-state index is -0.838. The average Bonchev–Trinajstić information content (AvgIpc) is 2.71. The highest BCUT2D eigenvalue weighted by Gasteiger charge is 2.09. The Labute approximate surface area is 181 Å². The van der Waals surface area contributed by atoms with Crippen molar-refractivity contribution in [3.8, 4) is 0 Å². The third kappa shape index (κ3) is 7.71. The monoisotopic (exact) mass is 423 g/mol. The van der Waals surface area contributed by atoms with Crippen LogP contribution in [0, 0.1) is 13.0 Å². The highest BCUT2D eigenvalue weighted by molar-refractivity contribution is 5.57. The molecule has 1 heterocycles. The average molecular weight is 424 g/mol. The molecule has 3 rings (SSSR count). The SMILES string of the molecule is Cc1ccc(N=Nc2ccc(Nc3nc(F)nc(NCCC[N+](C)(C)C)n3)cc2)cc1. The molecule has 2 aromatic carbocycles. The van der Waals surface area contributed by atoms with Crippen LogP contribution in [0.4, 0.5) is 33.3 Å². The molecule has 0 bridgehead atoms. The Morgan fingerprint density at radius 3 is 2.03 bits per heavy atom. The summed E-state index contributed by atoms with van der Waals surface area (Å²) in [7, 11) is 6.37. The van der Waals surface area contributed by atoms with Gasteiger partial charge in [0.15, 0.2) is 0 Å². The predicted octanol–water partition coefficient (Wildman–Crippen LogP) is 4.99. The van der Waals surface area contributed by atoms with Crippen LogP contribution in [0.5, 0.6) is 0 Å². The van der Waals surface area contributed by atoms with E-state index < -0.39 is 6.08 Å². The fraction of sp³-hybridized carbons (Fsp3) is 0.318. The zero-order valence-electron chi connectivity index (χ0n) is 18.3. The maximum absolute atomic E-state index is 13.8. The number of azo groups is 1. The second-order valence-corrected chi connectivity index (χ2v) is 8.25. The summed E-state index contributed by atoms with van der Waals surface area (Å²) in [6, 6.07) is 15.0. The first-order valence-electron chi connectivity index (χ1n) is 10.1. The van der Waals surface area contributed by atoms with Gasteiger partial charge in [0.1, 0.15) is 0 Å². The van der Waals surface area contributed by atoms with E-state index in [0.717, 1.165) is 23.1 Å². The lowest BCUT2D eigenvalue weighted by atomic mass is 10.2. The smallest absolute Gasteiger partial charge is 0.315 e. The van der Waals surface area contributed by atoms with Crippen LogP contribution in [0.1, 0.15) is 12.0 Å². The molecule has 0 aliphatic heterocycles. The number of benzene rings is 2. The Balaban J connectivity index is 1.59. The van der Waals surface area contributed by atoms with Crippen molar-refractivity contribution in [1.82, 2.24) is 15.0 Å². The Hall–Kier alpha value is -3.46. The molecule has 3 aromatic rings. The van der Waals surface area contributed by atoms with Gasteiger partial charge in [-0.25, -0.2) is 0 Å². The maximum atomic E-state index is 13.8. The van der Waals surface area contributed by atoms with Crippen LogP contribution in [0.25, 0.3) is 0 Å². The van der Waals surface area contributed by atoms with Crippen LogP contribution in [0.2, 0.25) is 0 Å². The fourth-order valence-electron chi connectivity index (χ4n) is 2.71. The van der Waals surface area contributed by atoms with E-state index in [1.54, 1.807) is 12.1 Å². The number of aryl methyl sites for hydroxylation is 1. The number of hydrogen-bond donors (Lipinski definition) is 2. The van der Waals surface area contributed by atoms with Crippen LogP contribution in [0.15, 0.2) is 58.8 Å². The summed E-state index contributed by atoms with van der Waals surface area (Å²) < 4.78 is 14.7. The molecule has 162 valence electrons. The van der Waals surface area contributed by atoms with Crippen LogP contribution in [0.3, 0.4) is 0 Å². The van der Waals surface area contributed by atoms with E-state index >= 15 is 0 Å². The van der Waals surface area contributed by atoms with E-state index in [1.807, 2.05) is 43.3 Å². The minimum Gasteiger partial charge on any atom is -0.354 e. The zero-order valence-corrected chi connectivity index (χ0v) is 18.3. The fourth-order valence-corrected chi connectivity index (χ4v) is 2.71. The summed E-state index contributed by atoms with van der Waals surface area (Å²) in [5, 5.41) is 14.5. The molecule has 2 N–H and O–H groups in total. The Bertz CT molecular complexity index is 1010. The van der Waals surface area contributed by atoms with E-state index in [2.05, 4.69) is 57.0 Å². The molecule has 0 fully saturated rings. The van der Waals surface area contributed by atoms with Gasteiger partial charge < -0.3 is 15.1 Å². The molecule has 0 amide bonds. The number of nitrogens with zero attached hydrogens (tertiary/aromatic N) is 6. The highest BCUT2D eigenvalue weighted by Crippen LogP contribution is 2.22. The predicted molar refractivity (Wildman–Crippen MR) is 121 cm³/mol. The number of nitrogens with one attached hydrogen (secondary N) is 2. The van der Waals surface area contributed by atoms with Crippen molar-refractivity contribution in [2.45, 2.75) is 13.3 Å². The molecule has 9 heteroatoms. The Morgan fingerprint density at radius 2 is 1.42 bits per heavy atom. The van der Waals surface area contributed by atoms with Crippen LogP contribution >= 0.6 is 0 Å². The van der Waals surface area contributed by atoms with Gasteiger partial charge >= 0.3 is 6.08 Å². The number of halogens is 1. The first-order valence-corrected chi connectivity index (χ1v) is 10.1. The molecule has 1 aromatic heterocycles. The molecule has 0 saturated carbocycles. The summed E-state index contributed by atoms with van der Waals surface area (Å²) in [6.45, 7) is 3.66. The molecular formula is C22H28FN8+. The number of hydrogen-bond acceptors (Lipinski definition) is 7. The summed E-state index contributed by atoms with van der Waals surface area (Å²) in [5.74, 6) is 0.343. The second kappa shape index (κ2) is 10.0. The topological polar surface area (TPSA) is 87.5 Å². The lowest BCUT2D eigenvalue weighted by Gasteiger charge is -2.23. The van der Waals surface area contributed by atoms with Crippen LogP contribution < -0.4 is 10.6 Å². The Morgan fingerprint density at radius 1 is 0.839 bits per heavy atom.